The number of aromatic nitrogens is 2. The van der Waals surface area contributed by atoms with Crippen LogP contribution in [-0.2, 0) is 4.74 Å². The zero-order chi connectivity index (χ0) is 11.5. The highest BCUT2D eigenvalue weighted by atomic mass is 35.5. The van der Waals surface area contributed by atoms with Gasteiger partial charge in [-0.1, -0.05) is 11.6 Å². The normalized spacial score (nSPS) is 16.3. The molecule has 1 fully saturated rings. The fraction of sp³-hybridized carbons (Fsp3) is 0.500. The van der Waals surface area contributed by atoms with E-state index < -0.39 is 0 Å². The molecule has 6 nitrogen and oxygen atoms in total. The summed E-state index contributed by atoms with van der Waals surface area (Å²) < 4.78 is 5.21. The van der Waals surface area contributed by atoms with Gasteiger partial charge in [0.2, 0.25) is 5.28 Å². The number of nitrogens with one attached hydrogen (secondary N) is 1. The topological polar surface area (TPSA) is 73.3 Å². The molecule has 1 N–H and O–H groups in total. The van der Waals surface area contributed by atoms with Crippen molar-refractivity contribution in [3.05, 3.63) is 15.6 Å². The molecule has 1 aromatic heterocycles. The van der Waals surface area contributed by atoms with E-state index in [-0.39, 0.29) is 16.1 Å². The Morgan fingerprint density at radius 2 is 1.94 bits per heavy atom. The van der Waals surface area contributed by atoms with Gasteiger partial charge in [0.25, 0.3) is 0 Å². The third-order valence-electron chi connectivity index (χ3n) is 2.23. The van der Waals surface area contributed by atoms with Crippen molar-refractivity contribution in [2.75, 3.05) is 36.7 Å². The summed E-state index contributed by atoms with van der Waals surface area (Å²) in [4.78, 5) is 9.58. The molecule has 2 rings (SSSR count). The zero-order valence-corrected chi connectivity index (χ0v) is 9.75. The molecule has 0 radical (unpaired) electrons. The number of hydrogen-bond donors (Lipinski definition) is 1. The van der Waals surface area contributed by atoms with Gasteiger partial charge in [-0.3, -0.25) is 0 Å². The summed E-state index contributed by atoms with van der Waals surface area (Å²) in [5.41, 5.74) is 1.89. The van der Waals surface area contributed by atoms with E-state index in [1.807, 2.05) is 4.90 Å². The second-order valence-corrected chi connectivity index (χ2v) is 3.88. The number of hydrogen-bond acceptors (Lipinski definition) is 6. The molecule has 0 spiro atoms. The van der Waals surface area contributed by atoms with Crippen molar-refractivity contribution in [2.45, 2.75) is 0 Å². The Labute approximate surface area is 102 Å². The first-order valence-corrected chi connectivity index (χ1v) is 5.42. The fourth-order valence-corrected chi connectivity index (χ4v) is 1.90. The number of morpholine rings is 1. The van der Waals surface area contributed by atoms with Crippen LogP contribution in [0.4, 0.5) is 11.5 Å². The van der Waals surface area contributed by atoms with E-state index >= 15 is 0 Å². The first-order valence-electron chi connectivity index (χ1n) is 4.66. The molecule has 16 heavy (non-hydrogen) atoms. The average Bonchev–Trinajstić information content (AvgIpc) is 2.29. The smallest absolute Gasteiger partial charge is 0.225 e. The number of nitrogens with zero attached hydrogens (tertiary/aromatic N) is 3. The Kier molecular flexibility index (Phi) is 3.65. The summed E-state index contributed by atoms with van der Waals surface area (Å²) in [6.45, 7) is 2.44. The minimum absolute atomic E-state index is 0.0190. The van der Waals surface area contributed by atoms with E-state index in [0.717, 1.165) is 0 Å². The largest absolute Gasteiger partial charge is 0.761 e. The summed E-state index contributed by atoms with van der Waals surface area (Å²) in [6.07, 6.45) is 0. The van der Waals surface area contributed by atoms with Gasteiger partial charge in [-0.25, -0.2) is 4.98 Å². The van der Waals surface area contributed by atoms with E-state index in [2.05, 4.69) is 9.97 Å². The van der Waals surface area contributed by atoms with Crippen molar-refractivity contribution in [3.8, 4) is 0 Å². The van der Waals surface area contributed by atoms with E-state index in [4.69, 9.17) is 27.9 Å². The first-order chi connectivity index (χ1) is 7.72. The highest BCUT2D eigenvalue weighted by Gasteiger charge is 2.18. The van der Waals surface area contributed by atoms with E-state index in [9.17, 15) is 5.21 Å². The van der Waals surface area contributed by atoms with Crippen LogP contribution in [0, 0.1) is 5.21 Å². The standard InChI is InChI=1S/C8H9Cl2N4O2/c9-6-5(13-15)7(12-8(10)11-6)14-1-3-16-4-2-14/h13H,1-4H2/q-1. The van der Waals surface area contributed by atoms with E-state index in [1.54, 1.807) is 5.48 Å². The molecule has 0 aliphatic carbocycles. The lowest BCUT2D eigenvalue weighted by molar-refractivity contribution is 0.122. The van der Waals surface area contributed by atoms with Gasteiger partial charge < -0.3 is 20.3 Å². The molecular weight excluding hydrogens is 255 g/mol. The second kappa shape index (κ2) is 5.01. The van der Waals surface area contributed by atoms with E-state index in [1.165, 1.54) is 0 Å². The Morgan fingerprint density at radius 1 is 1.25 bits per heavy atom. The number of halogens is 2. The summed E-state index contributed by atoms with van der Waals surface area (Å²) in [7, 11) is 0. The van der Waals surface area contributed by atoms with Crippen molar-refractivity contribution >= 4 is 34.7 Å². The molecule has 1 aliphatic heterocycles. The summed E-state index contributed by atoms with van der Waals surface area (Å²) in [5.74, 6) is 0.420. The highest BCUT2D eigenvalue weighted by Crippen LogP contribution is 2.31. The minimum atomic E-state index is 0.0190. The van der Waals surface area contributed by atoms with Gasteiger partial charge in [0.15, 0.2) is 11.0 Å². The quantitative estimate of drug-likeness (QED) is 0.496. The van der Waals surface area contributed by atoms with Gasteiger partial charge in [0, 0.05) is 13.1 Å². The van der Waals surface area contributed by atoms with Gasteiger partial charge in [-0.2, -0.15) is 4.98 Å². The maximum absolute atomic E-state index is 10.8. The molecule has 0 amide bonds. The summed E-state index contributed by atoms with van der Waals surface area (Å²) in [5, 5.41) is 10.9. The van der Waals surface area contributed by atoms with Crippen LogP contribution >= 0.6 is 23.2 Å². The molecule has 8 heteroatoms. The lowest BCUT2D eigenvalue weighted by Gasteiger charge is -2.30. The number of rotatable bonds is 2. The first kappa shape index (κ1) is 11.7. The Bertz CT molecular complexity index is 385. The monoisotopic (exact) mass is 263 g/mol. The van der Waals surface area contributed by atoms with E-state index in [0.29, 0.717) is 32.1 Å². The third-order valence-corrected chi connectivity index (χ3v) is 2.67. The predicted octanol–water partition coefficient (Wildman–Crippen LogP) is 1.53. The minimum Gasteiger partial charge on any atom is -0.761 e. The molecule has 1 saturated heterocycles. The van der Waals surface area contributed by atoms with Crippen molar-refractivity contribution in [1.29, 1.82) is 0 Å². The molecule has 0 bridgehead atoms. The lowest BCUT2D eigenvalue weighted by atomic mass is 10.3. The van der Waals surface area contributed by atoms with Crippen LogP contribution in [0.15, 0.2) is 0 Å². The Balaban J connectivity index is 2.36. The van der Waals surface area contributed by atoms with Gasteiger partial charge in [0.05, 0.1) is 13.2 Å². The van der Waals surface area contributed by atoms with Crippen molar-refractivity contribution in [1.82, 2.24) is 9.97 Å². The van der Waals surface area contributed by atoms with Gasteiger partial charge in [-0.05, 0) is 11.6 Å². The van der Waals surface area contributed by atoms with Crippen LogP contribution in [0.2, 0.25) is 10.4 Å². The molecule has 0 unspecified atom stereocenters. The molecule has 0 aromatic carbocycles. The number of anilines is 2. The van der Waals surface area contributed by atoms with Crippen LogP contribution in [0.5, 0.6) is 0 Å². The van der Waals surface area contributed by atoms with Crippen LogP contribution in [-0.4, -0.2) is 36.3 Å². The Morgan fingerprint density at radius 3 is 2.56 bits per heavy atom. The number of ether oxygens (including phenoxy) is 1. The SMILES string of the molecule is [O-]Nc1c(Cl)nc(Cl)nc1N1CCOCC1. The summed E-state index contributed by atoms with van der Waals surface area (Å²) >= 11 is 11.5. The van der Waals surface area contributed by atoms with Crippen LogP contribution in [0.3, 0.4) is 0 Å². The van der Waals surface area contributed by atoms with Gasteiger partial charge >= 0.3 is 0 Å². The maximum atomic E-state index is 10.8. The predicted molar refractivity (Wildman–Crippen MR) is 62.1 cm³/mol. The third kappa shape index (κ3) is 2.30. The molecule has 0 atom stereocenters. The average molecular weight is 264 g/mol. The van der Waals surface area contributed by atoms with Crippen LogP contribution in [0.1, 0.15) is 0 Å². The van der Waals surface area contributed by atoms with Crippen LogP contribution < -0.4 is 10.4 Å². The molecule has 1 aliphatic rings. The molecule has 88 valence electrons. The van der Waals surface area contributed by atoms with Crippen molar-refractivity contribution in [3.63, 3.8) is 0 Å². The molecule has 1 aromatic rings. The Hall–Kier alpha value is -0.820. The maximum Gasteiger partial charge on any atom is 0.225 e. The van der Waals surface area contributed by atoms with Gasteiger partial charge in [-0.15, -0.1) is 0 Å². The highest BCUT2D eigenvalue weighted by molar-refractivity contribution is 6.34. The zero-order valence-electron chi connectivity index (χ0n) is 8.24. The van der Waals surface area contributed by atoms with Gasteiger partial charge in [0.1, 0.15) is 5.69 Å². The molecule has 0 saturated carbocycles. The molecule has 2 heterocycles. The molecular formula is C8H9Cl2N4O2-. The van der Waals surface area contributed by atoms with Crippen LogP contribution in [0.25, 0.3) is 0 Å². The van der Waals surface area contributed by atoms with Crippen molar-refractivity contribution < 1.29 is 4.74 Å². The second-order valence-electron chi connectivity index (χ2n) is 3.18. The summed E-state index contributed by atoms with van der Waals surface area (Å²) in [6, 6.07) is 0. The van der Waals surface area contributed by atoms with Crippen molar-refractivity contribution in [2.24, 2.45) is 0 Å². The lowest BCUT2D eigenvalue weighted by Crippen LogP contribution is -2.37. The fourth-order valence-electron chi connectivity index (χ4n) is 1.49.